The van der Waals surface area contributed by atoms with E-state index in [-0.39, 0.29) is 36.7 Å². The van der Waals surface area contributed by atoms with Crippen molar-refractivity contribution in [2.75, 3.05) is 6.54 Å². The van der Waals surface area contributed by atoms with Gasteiger partial charge in [0, 0.05) is 37.0 Å². The van der Waals surface area contributed by atoms with Crippen LogP contribution in [0.1, 0.15) is 56.2 Å². The van der Waals surface area contributed by atoms with Gasteiger partial charge in [-0.15, -0.1) is 0 Å². The number of aliphatic hydroxyl groups is 1. The zero-order valence-electron chi connectivity index (χ0n) is 20.8. The molecule has 0 bridgehead atoms. The molecule has 1 saturated heterocycles. The van der Waals surface area contributed by atoms with Gasteiger partial charge in [-0.25, -0.2) is 0 Å². The van der Waals surface area contributed by atoms with Gasteiger partial charge in [0.25, 0.3) is 0 Å². The highest BCUT2D eigenvalue weighted by Gasteiger charge is 2.43. The van der Waals surface area contributed by atoms with Crippen molar-refractivity contribution in [2.24, 2.45) is 5.92 Å². The number of likely N-dealkylation sites (tertiary alicyclic amines) is 1. The van der Waals surface area contributed by atoms with Crippen molar-refractivity contribution in [1.29, 1.82) is 0 Å². The summed E-state index contributed by atoms with van der Waals surface area (Å²) in [5, 5.41) is 17.9. The van der Waals surface area contributed by atoms with Crippen LogP contribution in [0.15, 0.2) is 53.3 Å². The van der Waals surface area contributed by atoms with Gasteiger partial charge in [-0.2, -0.15) is 0 Å². The smallest absolute Gasteiger partial charge is 0.243 e. The molecule has 1 aliphatic rings. The molecular formula is C27H31ClN4O4. The summed E-state index contributed by atoms with van der Waals surface area (Å²) in [7, 11) is 0. The SMILES string of the molecule is Cc1cc([C@H](C(=O)N2C[C@H](O)C[C@H]2C(=O)N[C@@H](C)c2ccc(-c3cnccc3Cl)cc2)C(C)C)on1. The van der Waals surface area contributed by atoms with E-state index in [1.807, 2.05) is 45.0 Å². The molecule has 0 radical (unpaired) electrons. The quantitative estimate of drug-likeness (QED) is 0.491. The average Bonchev–Trinajstić information content (AvgIpc) is 3.44. The summed E-state index contributed by atoms with van der Waals surface area (Å²) in [4.78, 5) is 32.4. The van der Waals surface area contributed by atoms with Crippen molar-refractivity contribution >= 4 is 23.4 Å². The molecule has 0 spiro atoms. The van der Waals surface area contributed by atoms with Crippen LogP contribution >= 0.6 is 11.6 Å². The van der Waals surface area contributed by atoms with E-state index < -0.39 is 18.1 Å². The Labute approximate surface area is 215 Å². The highest BCUT2D eigenvalue weighted by Crippen LogP contribution is 2.32. The second kappa shape index (κ2) is 10.8. The minimum absolute atomic E-state index is 0.0722. The number of carbonyl (C=O) groups excluding carboxylic acids is 2. The molecule has 1 aliphatic heterocycles. The van der Waals surface area contributed by atoms with Gasteiger partial charge >= 0.3 is 0 Å². The van der Waals surface area contributed by atoms with Crippen molar-refractivity contribution in [1.82, 2.24) is 20.4 Å². The third kappa shape index (κ3) is 5.44. The summed E-state index contributed by atoms with van der Waals surface area (Å²) in [5.74, 6) is -0.741. The van der Waals surface area contributed by atoms with Gasteiger partial charge in [0.2, 0.25) is 11.8 Å². The molecule has 1 fully saturated rings. The number of hydrogen-bond donors (Lipinski definition) is 2. The van der Waals surface area contributed by atoms with Gasteiger partial charge in [-0.1, -0.05) is 54.9 Å². The lowest BCUT2D eigenvalue weighted by atomic mass is 9.91. The van der Waals surface area contributed by atoms with Crippen LogP contribution in [-0.2, 0) is 9.59 Å². The van der Waals surface area contributed by atoms with Crippen molar-refractivity contribution < 1.29 is 19.2 Å². The standard InChI is InChI=1S/C27H31ClN4O4/c1-15(2)25(24-11-16(3)31-36-24)27(35)32-14-20(33)12-23(32)26(34)30-17(4)18-5-7-19(8-6-18)21-13-29-10-9-22(21)28/h5-11,13,15,17,20,23,25,33H,12,14H2,1-4H3,(H,30,34)/t17-,20+,23-,25+/m0/s1. The first-order chi connectivity index (χ1) is 17.2. The number of nitrogens with one attached hydrogen (secondary N) is 1. The third-order valence-electron chi connectivity index (χ3n) is 6.60. The first kappa shape index (κ1) is 25.9. The van der Waals surface area contributed by atoms with E-state index in [4.69, 9.17) is 16.1 Å². The normalized spacial score (nSPS) is 19.4. The Morgan fingerprint density at radius 1 is 1.19 bits per heavy atom. The first-order valence-corrected chi connectivity index (χ1v) is 12.5. The first-order valence-electron chi connectivity index (χ1n) is 12.1. The molecule has 190 valence electrons. The van der Waals surface area contributed by atoms with E-state index in [9.17, 15) is 14.7 Å². The van der Waals surface area contributed by atoms with E-state index >= 15 is 0 Å². The molecule has 2 N–H and O–H groups in total. The molecule has 0 saturated carbocycles. The molecule has 0 aliphatic carbocycles. The Kier molecular flexibility index (Phi) is 7.76. The molecule has 3 aromatic rings. The second-order valence-corrected chi connectivity index (χ2v) is 10.1. The van der Waals surface area contributed by atoms with Crippen molar-refractivity contribution in [2.45, 2.75) is 58.2 Å². The zero-order valence-corrected chi connectivity index (χ0v) is 21.6. The summed E-state index contributed by atoms with van der Waals surface area (Å²) in [6, 6.07) is 10.1. The largest absolute Gasteiger partial charge is 0.391 e. The Balaban J connectivity index is 1.48. The van der Waals surface area contributed by atoms with Crippen LogP contribution in [-0.4, -0.2) is 50.7 Å². The van der Waals surface area contributed by atoms with Gasteiger partial charge in [0.1, 0.15) is 17.7 Å². The number of aliphatic hydroxyl groups excluding tert-OH is 1. The fourth-order valence-electron chi connectivity index (χ4n) is 4.68. The number of halogens is 1. The van der Waals surface area contributed by atoms with Gasteiger partial charge in [-0.3, -0.25) is 14.6 Å². The molecule has 36 heavy (non-hydrogen) atoms. The lowest BCUT2D eigenvalue weighted by molar-refractivity contribution is -0.141. The highest BCUT2D eigenvalue weighted by atomic mass is 35.5. The van der Waals surface area contributed by atoms with Crippen LogP contribution in [0.5, 0.6) is 0 Å². The van der Waals surface area contributed by atoms with Crippen molar-refractivity contribution in [3.63, 3.8) is 0 Å². The van der Waals surface area contributed by atoms with Crippen molar-refractivity contribution in [3.05, 3.63) is 70.8 Å². The number of amides is 2. The van der Waals surface area contributed by atoms with Gasteiger partial charge in [0.05, 0.1) is 22.9 Å². The van der Waals surface area contributed by atoms with Crippen LogP contribution in [0.25, 0.3) is 11.1 Å². The minimum Gasteiger partial charge on any atom is -0.391 e. The van der Waals surface area contributed by atoms with Gasteiger partial charge < -0.3 is 19.8 Å². The molecular weight excluding hydrogens is 480 g/mol. The molecule has 2 aromatic heterocycles. The Morgan fingerprint density at radius 2 is 1.92 bits per heavy atom. The van der Waals surface area contributed by atoms with Crippen LogP contribution in [0, 0.1) is 12.8 Å². The second-order valence-electron chi connectivity index (χ2n) is 9.70. The lowest BCUT2D eigenvalue weighted by Gasteiger charge is -2.29. The highest BCUT2D eigenvalue weighted by molar-refractivity contribution is 6.33. The lowest BCUT2D eigenvalue weighted by Crippen LogP contribution is -2.48. The summed E-state index contributed by atoms with van der Waals surface area (Å²) >= 11 is 6.28. The number of aromatic nitrogens is 2. The number of nitrogens with zero attached hydrogens (tertiary/aromatic N) is 3. The van der Waals surface area contributed by atoms with Crippen LogP contribution in [0.2, 0.25) is 5.02 Å². The summed E-state index contributed by atoms with van der Waals surface area (Å²) in [6.45, 7) is 7.63. The van der Waals surface area contributed by atoms with Crippen LogP contribution < -0.4 is 5.32 Å². The molecule has 9 heteroatoms. The number of pyridine rings is 1. The maximum absolute atomic E-state index is 13.5. The van der Waals surface area contributed by atoms with E-state index in [1.54, 1.807) is 31.5 Å². The maximum Gasteiger partial charge on any atom is 0.243 e. The monoisotopic (exact) mass is 510 g/mol. The van der Waals surface area contributed by atoms with Gasteiger partial charge in [0.15, 0.2) is 0 Å². The molecule has 3 heterocycles. The fraction of sp³-hybridized carbons (Fsp3) is 0.407. The van der Waals surface area contributed by atoms with Crippen molar-refractivity contribution in [3.8, 4) is 11.1 Å². The van der Waals surface area contributed by atoms with Crippen LogP contribution in [0.3, 0.4) is 0 Å². The Bertz CT molecular complexity index is 1230. The number of carbonyl (C=O) groups is 2. The topological polar surface area (TPSA) is 109 Å². The minimum atomic E-state index is -0.771. The number of rotatable bonds is 7. The summed E-state index contributed by atoms with van der Waals surface area (Å²) in [5.41, 5.74) is 3.34. The van der Waals surface area contributed by atoms with E-state index in [0.717, 1.165) is 16.7 Å². The summed E-state index contributed by atoms with van der Waals surface area (Å²) < 4.78 is 5.39. The average molecular weight is 511 g/mol. The number of benzene rings is 1. The molecule has 1 aromatic carbocycles. The molecule has 0 unspecified atom stereocenters. The fourth-order valence-corrected chi connectivity index (χ4v) is 4.90. The van der Waals surface area contributed by atoms with Crippen LogP contribution in [0.4, 0.5) is 0 Å². The zero-order chi connectivity index (χ0) is 26.0. The predicted octanol–water partition coefficient (Wildman–Crippen LogP) is 4.28. The number of β-amino-alcohol motifs (C(OH)–C–C–N with tert-alkyl or cyclic N) is 1. The molecule has 2 amide bonds. The Morgan fingerprint density at radius 3 is 2.53 bits per heavy atom. The Hall–Kier alpha value is -3.23. The molecule has 8 nitrogen and oxygen atoms in total. The number of aryl methyl sites for hydroxylation is 1. The number of hydrogen-bond acceptors (Lipinski definition) is 6. The van der Waals surface area contributed by atoms with E-state index in [2.05, 4.69) is 15.5 Å². The summed E-state index contributed by atoms with van der Waals surface area (Å²) in [6.07, 6.45) is 2.77. The van der Waals surface area contributed by atoms with Gasteiger partial charge in [-0.05, 0) is 37.0 Å². The maximum atomic E-state index is 13.5. The van der Waals surface area contributed by atoms with E-state index in [0.29, 0.717) is 16.5 Å². The molecule has 4 atom stereocenters. The molecule has 4 rings (SSSR count). The third-order valence-corrected chi connectivity index (χ3v) is 6.93. The van der Waals surface area contributed by atoms with E-state index in [1.165, 1.54) is 4.90 Å². The predicted molar refractivity (Wildman–Crippen MR) is 136 cm³/mol.